The van der Waals surface area contributed by atoms with Crippen molar-refractivity contribution in [1.29, 1.82) is 0 Å². The summed E-state index contributed by atoms with van der Waals surface area (Å²) in [6, 6.07) is 11.8. The Balaban J connectivity index is 1.84. The number of benzene rings is 1. The predicted molar refractivity (Wildman–Crippen MR) is 82.7 cm³/mol. The van der Waals surface area contributed by atoms with Crippen molar-refractivity contribution in [1.82, 2.24) is 9.97 Å². The van der Waals surface area contributed by atoms with Crippen LogP contribution >= 0.6 is 0 Å². The van der Waals surface area contributed by atoms with Crippen LogP contribution in [0.25, 0.3) is 22.1 Å². The van der Waals surface area contributed by atoms with E-state index in [0.717, 1.165) is 45.9 Å². The molecule has 0 saturated heterocycles. The van der Waals surface area contributed by atoms with Crippen molar-refractivity contribution in [2.75, 3.05) is 0 Å². The van der Waals surface area contributed by atoms with Gasteiger partial charge >= 0.3 is 0 Å². The lowest BCUT2D eigenvalue weighted by Crippen LogP contribution is -2.76. The molecule has 5 nitrogen and oxygen atoms in total. The summed E-state index contributed by atoms with van der Waals surface area (Å²) in [7, 11) is 0. The first-order valence-corrected chi connectivity index (χ1v) is 7.39. The number of para-hydroxylation sites is 1. The molecule has 3 heterocycles. The first kappa shape index (κ1) is 13.0. The highest BCUT2D eigenvalue weighted by Gasteiger charge is 2.18. The SMILES string of the molecule is CCc1nc([NH2+]Cc2ccco2)c2oc3ccccc3c2n1. The molecular formula is C17H16N3O2+. The van der Waals surface area contributed by atoms with Crippen LogP contribution in [0.5, 0.6) is 0 Å². The molecule has 0 unspecified atom stereocenters. The standard InChI is InChI=1S/C17H15N3O2/c1-2-14-19-15-12-7-3-4-8-13(12)22-16(15)17(20-14)18-10-11-6-5-9-21-11/h3-9H,2,10H2,1H3,(H,18,19,20)/p+1. The lowest BCUT2D eigenvalue weighted by molar-refractivity contribution is -0.593. The normalized spacial score (nSPS) is 11.5. The molecule has 0 radical (unpaired) electrons. The molecule has 4 rings (SSSR count). The van der Waals surface area contributed by atoms with E-state index in [-0.39, 0.29) is 0 Å². The van der Waals surface area contributed by atoms with Crippen molar-refractivity contribution >= 4 is 27.9 Å². The quantitative estimate of drug-likeness (QED) is 0.628. The fraction of sp³-hybridized carbons (Fsp3) is 0.176. The summed E-state index contributed by atoms with van der Waals surface area (Å²) in [5.74, 6) is 2.56. The predicted octanol–water partition coefficient (Wildman–Crippen LogP) is 2.93. The van der Waals surface area contributed by atoms with Gasteiger partial charge in [-0.2, -0.15) is 4.98 Å². The molecule has 22 heavy (non-hydrogen) atoms. The number of aromatic nitrogens is 2. The fourth-order valence-corrected chi connectivity index (χ4v) is 2.58. The highest BCUT2D eigenvalue weighted by molar-refractivity contribution is 6.04. The van der Waals surface area contributed by atoms with Crippen LogP contribution in [0.15, 0.2) is 51.5 Å². The maximum atomic E-state index is 5.97. The Morgan fingerprint density at radius 1 is 1.09 bits per heavy atom. The Morgan fingerprint density at radius 3 is 2.82 bits per heavy atom. The molecule has 110 valence electrons. The zero-order chi connectivity index (χ0) is 14.9. The molecule has 0 aliphatic rings. The molecule has 0 aliphatic carbocycles. The van der Waals surface area contributed by atoms with Gasteiger partial charge in [-0.3, -0.25) is 5.32 Å². The van der Waals surface area contributed by atoms with Gasteiger partial charge in [0.25, 0.3) is 5.82 Å². The van der Waals surface area contributed by atoms with Gasteiger partial charge in [0.05, 0.1) is 6.26 Å². The fourth-order valence-electron chi connectivity index (χ4n) is 2.58. The molecule has 0 spiro atoms. The molecule has 0 aliphatic heterocycles. The van der Waals surface area contributed by atoms with Gasteiger partial charge in [0.2, 0.25) is 5.58 Å². The van der Waals surface area contributed by atoms with E-state index in [1.165, 1.54) is 0 Å². The van der Waals surface area contributed by atoms with Crippen molar-refractivity contribution in [2.45, 2.75) is 19.9 Å². The van der Waals surface area contributed by atoms with Gasteiger partial charge in [-0.25, -0.2) is 4.98 Å². The van der Waals surface area contributed by atoms with E-state index in [1.807, 2.05) is 41.7 Å². The van der Waals surface area contributed by atoms with Crippen LogP contribution in [0.4, 0.5) is 5.82 Å². The topological polar surface area (TPSA) is 68.7 Å². The zero-order valence-corrected chi connectivity index (χ0v) is 12.2. The van der Waals surface area contributed by atoms with Crippen molar-refractivity contribution < 1.29 is 14.2 Å². The summed E-state index contributed by atoms with van der Waals surface area (Å²) in [4.78, 5) is 9.25. The summed E-state index contributed by atoms with van der Waals surface area (Å²) in [5.41, 5.74) is 2.46. The third-order valence-corrected chi connectivity index (χ3v) is 3.69. The number of rotatable bonds is 4. The summed E-state index contributed by atoms with van der Waals surface area (Å²) in [5, 5.41) is 3.06. The number of hydrogen-bond donors (Lipinski definition) is 1. The molecule has 0 amide bonds. The first-order chi connectivity index (χ1) is 10.8. The molecular weight excluding hydrogens is 278 g/mol. The molecule has 0 atom stereocenters. The van der Waals surface area contributed by atoms with Gasteiger partial charge in [-0.05, 0) is 24.3 Å². The van der Waals surface area contributed by atoms with E-state index in [4.69, 9.17) is 8.83 Å². The smallest absolute Gasteiger partial charge is 0.272 e. The summed E-state index contributed by atoms with van der Waals surface area (Å²) in [6.45, 7) is 2.74. The van der Waals surface area contributed by atoms with Crippen LogP contribution < -0.4 is 5.32 Å². The van der Waals surface area contributed by atoms with Crippen LogP contribution in [0, 0.1) is 0 Å². The molecule has 1 aromatic carbocycles. The van der Waals surface area contributed by atoms with Gasteiger partial charge in [0.15, 0.2) is 5.76 Å². The van der Waals surface area contributed by atoms with Crippen LogP contribution in [-0.2, 0) is 13.0 Å². The highest BCUT2D eigenvalue weighted by atomic mass is 16.3. The van der Waals surface area contributed by atoms with Crippen LogP contribution in [-0.4, -0.2) is 9.97 Å². The lowest BCUT2D eigenvalue weighted by Gasteiger charge is -2.01. The zero-order valence-electron chi connectivity index (χ0n) is 12.2. The second kappa shape index (κ2) is 5.27. The molecule has 4 aromatic rings. The van der Waals surface area contributed by atoms with E-state index in [2.05, 4.69) is 16.9 Å². The second-order valence-electron chi connectivity index (χ2n) is 5.14. The Bertz CT molecular complexity index is 926. The number of nitrogens with zero attached hydrogens (tertiary/aromatic N) is 2. The van der Waals surface area contributed by atoms with Crippen LogP contribution in [0.2, 0.25) is 0 Å². The van der Waals surface area contributed by atoms with Gasteiger partial charge in [0, 0.05) is 11.8 Å². The molecule has 5 heteroatoms. The van der Waals surface area contributed by atoms with Crippen molar-refractivity contribution in [3.05, 3.63) is 54.2 Å². The van der Waals surface area contributed by atoms with E-state index in [9.17, 15) is 0 Å². The van der Waals surface area contributed by atoms with Gasteiger partial charge in [-0.15, -0.1) is 0 Å². The van der Waals surface area contributed by atoms with E-state index in [0.29, 0.717) is 6.54 Å². The summed E-state index contributed by atoms with van der Waals surface area (Å²) in [6.07, 6.45) is 2.47. The first-order valence-electron chi connectivity index (χ1n) is 7.39. The largest absolute Gasteiger partial charge is 0.463 e. The average molecular weight is 294 g/mol. The Hall–Kier alpha value is -2.66. The van der Waals surface area contributed by atoms with Gasteiger partial charge in [0.1, 0.15) is 23.5 Å². The molecule has 0 bridgehead atoms. The Kier molecular flexibility index (Phi) is 3.12. The van der Waals surface area contributed by atoms with E-state index < -0.39 is 0 Å². The summed E-state index contributed by atoms with van der Waals surface area (Å²) < 4.78 is 11.3. The average Bonchev–Trinajstić information content (AvgIpc) is 3.20. The van der Waals surface area contributed by atoms with E-state index in [1.54, 1.807) is 6.26 Å². The highest BCUT2D eigenvalue weighted by Crippen LogP contribution is 2.29. The lowest BCUT2D eigenvalue weighted by atomic mass is 10.2. The van der Waals surface area contributed by atoms with E-state index >= 15 is 0 Å². The molecule has 0 fully saturated rings. The molecule has 3 aromatic heterocycles. The number of quaternary nitrogens is 1. The number of hydrogen-bond acceptors (Lipinski definition) is 4. The van der Waals surface area contributed by atoms with Crippen LogP contribution in [0.1, 0.15) is 18.5 Å². The van der Waals surface area contributed by atoms with Crippen molar-refractivity contribution in [3.63, 3.8) is 0 Å². The molecule has 2 N–H and O–H groups in total. The van der Waals surface area contributed by atoms with Gasteiger partial charge < -0.3 is 8.83 Å². The minimum absolute atomic E-state index is 0.680. The maximum Gasteiger partial charge on any atom is 0.272 e. The Morgan fingerprint density at radius 2 is 2.00 bits per heavy atom. The molecule has 0 saturated carbocycles. The second-order valence-corrected chi connectivity index (χ2v) is 5.14. The maximum absolute atomic E-state index is 5.97. The van der Waals surface area contributed by atoms with Crippen LogP contribution in [0.3, 0.4) is 0 Å². The number of nitrogens with two attached hydrogens (primary N) is 1. The Labute approximate surface area is 127 Å². The monoisotopic (exact) mass is 294 g/mol. The third-order valence-electron chi connectivity index (χ3n) is 3.69. The van der Waals surface area contributed by atoms with Crippen molar-refractivity contribution in [2.24, 2.45) is 0 Å². The number of furan rings is 2. The van der Waals surface area contributed by atoms with Gasteiger partial charge in [-0.1, -0.05) is 19.1 Å². The number of aryl methyl sites for hydroxylation is 1. The minimum Gasteiger partial charge on any atom is -0.463 e. The summed E-state index contributed by atoms with van der Waals surface area (Å²) >= 11 is 0. The minimum atomic E-state index is 0.680. The number of fused-ring (bicyclic) bond motifs is 3. The third kappa shape index (κ3) is 2.16. The van der Waals surface area contributed by atoms with Crippen molar-refractivity contribution in [3.8, 4) is 0 Å².